The minimum atomic E-state index is -0.0897. The molecule has 0 aromatic heterocycles. The molecule has 0 atom stereocenters. The molecule has 0 bridgehead atoms. The van der Waals surface area contributed by atoms with E-state index in [0.717, 1.165) is 24.0 Å². The molecule has 0 amide bonds. The van der Waals surface area contributed by atoms with Crippen LogP contribution in [-0.4, -0.2) is 5.78 Å². The number of carbonyl (C=O) groups is 1. The molecule has 0 heterocycles. The molecule has 0 saturated heterocycles. The standard InChI is InChI=1S/C10H18O.C9H11F.C2H6/c1-4-5-6-7-8-10(11)9(2)3;1-3-8-6-7(2)4-5-9(8)10;1-2/h7-9H,4-6H2,1-3H3;4-6H,3H2,1-2H3;1-2H3/b8-7-;;. The van der Waals surface area contributed by atoms with E-state index in [2.05, 4.69) is 6.92 Å². The smallest absolute Gasteiger partial charge is 0.157 e. The van der Waals surface area contributed by atoms with Crippen LogP contribution in [0.4, 0.5) is 4.39 Å². The molecule has 0 unspecified atom stereocenters. The number of allylic oxidation sites excluding steroid dienone is 2. The molecule has 0 aliphatic heterocycles. The Balaban J connectivity index is 0. The Morgan fingerprint density at radius 3 is 2.26 bits per heavy atom. The maximum absolute atomic E-state index is 12.8. The van der Waals surface area contributed by atoms with Gasteiger partial charge in [0.25, 0.3) is 0 Å². The SMILES string of the molecule is CC.CCCC/C=C\C(=O)C(C)C.CCc1cc(C)ccc1F. The van der Waals surface area contributed by atoms with E-state index in [1.54, 1.807) is 12.1 Å². The minimum Gasteiger partial charge on any atom is -0.295 e. The summed E-state index contributed by atoms with van der Waals surface area (Å²) in [5.74, 6) is 0.294. The average Bonchev–Trinajstić information content (AvgIpc) is 2.56. The fraction of sp³-hybridized carbons (Fsp3) is 0.571. The third-order valence-electron chi connectivity index (χ3n) is 3.16. The Bertz CT molecular complexity index is 447. The van der Waals surface area contributed by atoms with Gasteiger partial charge in [0.1, 0.15) is 5.82 Å². The number of carbonyl (C=O) groups excluding carboxylic acids is 1. The van der Waals surface area contributed by atoms with Gasteiger partial charge in [-0.2, -0.15) is 0 Å². The summed E-state index contributed by atoms with van der Waals surface area (Å²) in [6, 6.07) is 5.19. The van der Waals surface area contributed by atoms with E-state index >= 15 is 0 Å². The lowest BCUT2D eigenvalue weighted by Gasteiger charge is -1.99. The van der Waals surface area contributed by atoms with Gasteiger partial charge >= 0.3 is 0 Å². The largest absolute Gasteiger partial charge is 0.295 e. The van der Waals surface area contributed by atoms with Crippen molar-refractivity contribution in [3.63, 3.8) is 0 Å². The summed E-state index contributed by atoms with van der Waals surface area (Å²) >= 11 is 0. The zero-order valence-corrected chi connectivity index (χ0v) is 16.1. The molecule has 1 nitrogen and oxygen atoms in total. The van der Waals surface area contributed by atoms with E-state index in [4.69, 9.17) is 0 Å². The fourth-order valence-electron chi connectivity index (χ4n) is 1.69. The molecule has 2 heteroatoms. The van der Waals surface area contributed by atoms with E-state index in [1.807, 2.05) is 53.7 Å². The Hall–Kier alpha value is -1.44. The highest BCUT2D eigenvalue weighted by Crippen LogP contribution is 2.09. The van der Waals surface area contributed by atoms with Gasteiger partial charge in [-0.25, -0.2) is 4.39 Å². The van der Waals surface area contributed by atoms with Crippen LogP contribution in [0.15, 0.2) is 30.4 Å². The number of aryl methyl sites for hydroxylation is 2. The molecule has 23 heavy (non-hydrogen) atoms. The van der Waals surface area contributed by atoms with Crippen LogP contribution in [-0.2, 0) is 11.2 Å². The second kappa shape index (κ2) is 15.5. The lowest BCUT2D eigenvalue weighted by molar-refractivity contribution is -0.117. The summed E-state index contributed by atoms with van der Waals surface area (Å²) < 4.78 is 12.8. The van der Waals surface area contributed by atoms with Crippen LogP contribution in [0, 0.1) is 18.7 Å². The zero-order valence-electron chi connectivity index (χ0n) is 16.1. The third kappa shape index (κ3) is 12.8. The van der Waals surface area contributed by atoms with Crippen LogP contribution in [0.3, 0.4) is 0 Å². The Morgan fingerprint density at radius 1 is 1.22 bits per heavy atom. The van der Waals surface area contributed by atoms with E-state index in [-0.39, 0.29) is 17.5 Å². The molecular weight excluding hydrogens is 287 g/mol. The number of halogens is 1. The van der Waals surface area contributed by atoms with Crippen LogP contribution in [0.2, 0.25) is 0 Å². The number of ketones is 1. The Morgan fingerprint density at radius 2 is 1.83 bits per heavy atom. The topological polar surface area (TPSA) is 17.1 Å². The Kier molecular flexibility index (Phi) is 16.0. The lowest BCUT2D eigenvalue weighted by atomic mass is 10.1. The molecule has 1 aromatic carbocycles. The summed E-state index contributed by atoms with van der Waals surface area (Å²) in [4.78, 5) is 11.0. The van der Waals surface area contributed by atoms with Gasteiger partial charge in [0.05, 0.1) is 0 Å². The van der Waals surface area contributed by atoms with Gasteiger partial charge in [-0.3, -0.25) is 4.79 Å². The summed E-state index contributed by atoms with van der Waals surface area (Å²) in [6.45, 7) is 13.9. The summed E-state index contributed by atoms with van der Waals surface area (Å²) in [5.41, 5.74) is 1.93. The highest BCUT2D eigenvalue weighted by Gasteiger charge is 2.00. The van der Waals surface area contributed by atoms with Gasteiger partial charge in [-0.05, 0) is 37.5 Å². The van der Waals surface area contributed by atoms with Crippen molar-refractivity contribution in [3.8, 4) is 0 Å². The quantitative estimate of drug-likeness (QED) is 0.421. The second-order valence-corrected chi connectivity index (χ2v) is 5.55. The van der Waals surface area contributed by atoms with Crippen LogP contribution in [0.25, 0.3) is 0 Å². The van der Waals surface area contributed by atoms with Crippen molar-refractivity contribution < 1.29 is 9.18 Å². The fourth-order valence-corrected chi connectivity index (χ4v) is 1.69. The average molecular weight is 323 g/mol. The molecule has 0 saturated carbocycles. The first-order valence-corrected chi connectivity index (χ1v) is 8.87. The van der Waals surface area contributed by atoms with Crippen molar-refractivity contribution in [1.29, 1.82) is 0 Å². The molecule has 0 fully saturated rings. The maximum atomic E-state index is 12.8. The number of hydrogen-bond donors (Lipinski definition) is 0. The normalized spacial score (nSPS) is 9.96. The maximum Gasteiger partial charge on any atom is 0.157 e. The van der Waals surface area contributed by atoms with E-state index in [9.17, 15) is 9.18 Å². The molecule has 132 valence electrons. The lowest BCUT2D eigenvalue weighted by Crippen LogP contribution is -2.01. The van der Waals surface area contributed by atoms with Crippen molar-refractivity contribution in [2.24, 2.45) is 5.92 Å². The van der Waals surface area contributed by atoms with Gasteiger partial charge in [0.15, 0.2) is 5.78 Å². The van der Waals surface area contributed by atoms with Gasteiger partial charge < -0.3 is 0 Å². The number of benzene rings is 1. The van der Waals surface area contributed by atoms with Crippen molar-refractivity contribution >= 4 is 5.78 Å². The first-order valence-electron chi connectivity index (χ1n) is 8.87. The van der Waals surface area contributed by atoms with Gasteiger partial charge in [-0.15, -0.1) is 0 Å². The van der Waals surface area contributed by atoms with Crippen molar-refractivity contribution in [2.45, 2.75) is 74.1 Å². The van der Waals surface area contributed by atoms with Crippen LogP contribution < -0.4 is 0 Å². The molecule has 1 rings (SSSR count). The van der Waals surface area contributed by atoms with E-state index in [1.165, 1.54) is 18.9 Å². The molecular formula is C21H35FO. The number of unbranched alkanes of at least 4 members (excludes halogenated alkanes) is 2. The summed E-state index contributed by atoms with van der Waals surface area (Å²) in [6.07, 6.45) is 7.87. The minimum absolute atomic E-state index is 0.0897. The summed E-state index contributed by atoms with van der Waals surface area (Å²) in [7, 11) is 0. The van der Waals surface area contributed by atoms with Crippen LogP contribution in [0.5, 0.6) is 0 Å². The molecule has 0 spiro atoms. The monoisotopic (exact) mass is 322 g/mol. The number of rotatable bonds is 6. The predicted molar refractivity (Wildman–Crippen MR) is 100 cm³/mol. The first kappa shape index (κ1) is 23.8. The second-order valence-electron chi connectivity index (χ2n) is 5.55. The van der Waals surface area contributed by atoms with E-state index < -0.39 is 0 Å². The van der Waals surface area contributed by atoms with Gasteiger partial charge in [0, 0.05) is 5.92 Å². The molecule has 0 N–H and O–H groups in total. The highest BCUT2D eigenvalue weighted by atomic mass is 19.1. The molecule has 1 aromatic rings. The highest BCUT2D eigenvalue weighted by molar-refractivity contribution is 5.91. The van der Waals surface area contributed by atoms with E-state index in [0.29, 0.717) is 0 Å². The van der Waals surface area contributed by atoms with Crippen molar-refractivity contribution in [2.75, 3.05) is 0 Å². The van der Waals surface area contributed by atoms with Crippen LogP contribution in [0.1, 0.15) is 71.9 Å². The number of hydrogen-bond acceptors (Lipinski definition) is 1. The Labute approximate surface area is 143 Å². The van der Waals surface area contributed by atoms with Crippen molar-refractivity contribution in [3.05, 3.63) is 47.3 Å². The predicted octanol–water partition coefficient (Wildman–Crippen LogP) is 6.68. The molecule has 0 aliphatic carbocycles. The first-order chi connectivity index (χ1) is 10.9. The van der Waals surface area contributed by atoms with Crippen LogP contribution >= 0.6 is 0 Å². The van der Waals surface area contributed by atoms with Gasteiger partial charge in [-0.1, -0.05) is 78.2 Å². The third-order valence-corrected chi connectivity index (χ3v) is 3.16. The van der Waals surface area contributed by atoms with Crippen molar-refractivity contribution in [1.82, 2.24) is 0 Å². The zero-order chi connectivity index (χ0) is 18.3. The molecule has 0 radical (unpaired) electrons. The summed E-state index contributed by atoms with van der Waals surface area (Å²) in [5, 5.41) is 0. The molecule has 0 aliphatic rings. The van der Waals surface area contributed by atoms with Gasteiger partial charge in [0.2, 0.25) is 0 Å².